The summed E-state index contributed by atoms with van der Waals surface area (Å²) < 4.78 is 27.2. The van der Waals surface area contributed by atoms with Crippen LogP contribution < -0.4 is 0 Å². The van der Waals surface area contributed by atoms with E-state index in [1.165, 1.54) is 12.1 Å². The Hall–Kier alpha value is -0.920. The summed E-state index contributed by atoms with van der Waals surface area (Å²) >= 11 is 0. The van der Waals surface area contributed by atoms with Crippen molar-refractivity contribution >= 4 is 0 Å². The standard InChI is InChI=1S/C13H16F2/c1-13(2,3)9-5-4-8-10(14)6-7-11(15)12(8)9/h6-7,9H,4-5H2,1-3H3/t9-/m0/s1. The lowest BCUT2D eigenvalue weighted by Crippen LogP contribution is -2.17. The monoisotopic (exact) mass is 210 g/mol. The van der Waals surface area contributed by atoms with Crippen molar-refractivity contribution in [1.29, 1.82) is 0 Å². The molecule has 0 saturated heterocycles. The molecule has 1 aliphatic carbocycles. The van der Waals surface area contributed by atoms with Crippen molar-refractivity contribution in [2.75, 3.05) is 0 Å². The maximum absolute atomic E-state index is 13.7. The Labute approximate surface area is 89.3 Å². The molecule has 15 heavy (non-hydrogen) atoms. The van der Waals surface area contributed by atoms with Crippen molar-refractivity contribution in [1.82, 2.24) is 0 Å². The third kappa shape index (κ3) is 1.66. The van der Waals surface area contributed by atoms with Gasteiger partial charge in [0.1, 0.15) is 11.6 Å². The van der Waals surface area contributed by atoms with Crippen molar-refractivity contribution in [2.45, 2.75) is 39.5 Å². The minimum Gasteiger partial charge on any atom is -0.207 e. The van der Waals surface area contributed by atoms with Crippen molar-refractivity contribution < 1.29 is 8.78 Å². The van der Waals surface area contributed by atoms with Crippen LogP contribution in [0.4, 0.5) is 8.78 Å². The molecule has 0 heterocycles. The van der Waals surface area contributed by atoms with Gasteiger partial charge in [-0.1, -0.05) is 20.8 Å². The molecule has 1 atom stereocenters. The second-order valence-electron chi connectivity index (χ2n) is 5.38. The van der Waals surface area contributed by atoms with Crippen molar-refractivity contribution in [2.24, 2.45) is 5.41 Å². The second-order valence-corrected chi connectivity index (χ2v) is 5.38. The largest absolute Gasteiger partial charge is 0.207 e. The predicted molar refractivity (Wildman–Crippen MR) is 56.9 cm³/mol. The highest BCUT2D eigenvalue weighted by Gasteiger charge is 2.35. The molecule has 82 valence electrons. The molecule has 0 radical (unpaired) electrons. The van der Waals surface area contributed by atoms with Crippen LogP contribution in [0.5, 0.6) is 0 Å². The third-order valence-electron chi connectivity index (χ3n) is 3.32. The summed E-state index contributed by atoms with van der Waals surface area (Å²) in [5.41, 5.74) is 1.21. The highest BCUT2D eigenvalue weighted by Crippen LogP contribution is 2.46. The van der Waals surface area contributed by atoms with Crippen LogP contribution in [0.2, 0.25) is 0 Å². The minimum atomic E-state index is -0.252. The molecule has 0 bridgehead atoms. The summed E-state index contributed by atoms with van der Waals surface area (Å²) in [5, 5.41) is 0. The zero-order chi connectivity index (χ0) is 11.2. The van der Waals surface area contributed by atoms with Gasteiger partial charge in [0.15, 0.2) is 0 Å². The minimum absolute atomic E-state index is 0.000116. The van der Waals surface area contributed by atoms with Gasteiger partial charge in [-0.15, -0.1) is 0 Å². The van der Waals surface area contributed by atoms with E-state index in [1.807, 2.05) is 0 Å². The Kier molecular flexibility index (Phi) is 2.32. The van der Waals surface area contributed by atoms with Gasteiger partial charge in [-0.25, -0.2) is 8.78 Å². The second kappa shape index (κ2) is 3.29. The molecule has 0 fully saturated rings. The number of fused-ring (bicyclic) bond motifs is 1. The highest BCUT2D eigenvalue weighted by molar-refractivity contribution is 5.38. The van der Waals surface area contributed by atoms with Crippen LogP contribution in [-0.2, 0) is 6.42 Å². The maximum atomic E-state index is 13.7. The molecule has 0 N–H and O–H groups in total. The molecule has 0 unspecified atom stereocenters. The lowest BCUT2D eigenvalue weighted by molar-refractivity contribution is 0.312. The molecule has 1 aromatic carbocycles. The normalized spacial score (nSPS) is 20.5. The van der Waals surface area contributed by atoms with Gasteiger partial charge in [0.05, 0.1) is 0 Å². The Bertz CT molecular complexity index is 388. The van der Waals surface area contributed by atoms with Crippen LogP contribution in [0, 0.1) is 17.0 Å². The van der Waals surface area contributed by atoms with E-state index in [2.05, 4.69) is 20.8 Å². The maximum Gasteiger partial charge on any atom is 0.127 e. The molecule has 0 spiro atoms. The average Bonchev–Trinajstić information content (AvgIpc) is 2.55. The van der Waals surface area contributed by atoms with Gasteiger partial charge in [-0.05, 0) is 47.4 Å². The number of hydrogen-bond donors (Lipinski definition) is 0. The van der Waals surface area contributed by atoms with E-state index in [0.29, 0.717) is 17.5 Å². The summed E-state index contributed by atoms with van der Waals surface area (Å²) in [6.45, 7) is 6.24. The number of benzene rings is 1. The van der Waals surface area contributed by atoms with Gasteiger partial charge >= 0.3 is 0 Å². The highest BCUT2D eigenvalue weighted by atomic mass is 19.1. The molecule has 0 amide bonds. The van der Waals surface area contributed by atoms with Gasteiger partial charge in [0.2, 0.25) is 0 Å². The number of rotatable bonds is 0. The van der Waals surface area contributed by atoms with E-state index in [-0.39, 0.29) is 23.0 Å². The summed E-state index contributed by atoms with van der Waals surface area (Å²) in [5.74, 6) is -0.356. The van der Waals surface area contributed by atoms with Crippen LogP contribution in [0.15, 0.2) is 12.1 Å². The summed E-state index contributed by atoms with van der Waals surface area (Å²) in [6.07, 6.45) is 1.53. The summed E-state index contributed by atoms with van der Waals surface area (Å²) in [4.78, 5) is 0. The molecular formula is C13H16F2. The van der Waals surface area contributed by atoms with E-state index in [1.54, 1.807) is 0 Å². The average molecular weight is 210 g/mol. The van der Waals surface area contributed by atoms with Crippen molar-refractivity contribution in [3.8, 4) is 0 Å². The lowest BCUT2D eigenvalue weighted by atomic mass is 9.77. The fourth-order valence-corrected chi connectivity index (χ4v) is 2.54. The van der Waals surface area contributed by atoms with E-state index < -0.39 is 0 Å². The Balaban J connectivity index is 2.55. The first-order valence-electron chi connectivity index (χ1n) is 5.38. The number of hydrogen-bond acceptors (Lipinski definition) is 0. The van der Waals surface area contributed by atoms with Gasteiger partial charge in [-0.2, -0.15) is 0 Å². The van der Waals surface area contributed by atoms with Gasteiger partial charge in [0.25, 0.3) is 0 Å². The first-order chi connectivity index (χ1) is 6.91. The van der Waals surface area contributed by atoms with E-state index in [9.17, 15) is 8.78 Å². The molecule has 2 heteroatoms. The third-order valence-corrected chi connectivity index (χ3v) is 3.32. The van der Waals surface area contributed by atoms with Gasteiger partial charge in [0, 0.05) is 0 Å². The smallest absolute Gasteiger partial charge is 0.127 e. The van der Waals surface area contributed by atoms with E-state index in [4.69, 9.17) is 0 Å². The lowest BCUT2D eigenvalue weighted by Gasteiger charge is -2.28. The molecule has 1 aromatic rings. The number of halogens is 2. The van der Waals surface area contributed by atoms with Gasteiger partial charge < -0.3 is 0 Å². The topological polar surface area (TPSA) is 0 Å². The van der Waals surface area contributed by atoms with Crippen LogP contribution in [0.25, 0.3) is 0 Å². The van der Waals surface area contributed by atoms with Crippen molar-refractivity contribution in [3.05, 3.63) is 34.9 Å². The first-order valence-corrected chi connectivity index (χ1v) is 5.38. The van der Waals surface area contributed by atoms with Crippen LogP contribution in [0.1, 0.15) is 44.2 Å². The van der Waals surface area contributed by atoms with Crippen molar-refractivity contribution in [3.63, 3.8) is 0 Å². The molecule has 0 aromatic heterocycles. The predicted octanol–water partition coefficient (Wildman–Crippen LogP) is 4.04. The fourth-order valence-electron chi connectivity index (χ4n) is 2.54. The van der Waals surface area contributed by atoms with Gasteiger partial charge in [-0.3, -0.25) is 0 Å². The SMILES string of the molecule is CC(C)(C)[C@H]1CCc2c(F)ccc(F)c21. The molecule has 0 saturated carbocycles. The summed E-state index contributed by atoms with van der Waals surface area (Å²) in [7, 11) is 0. The Morgan fingerprint density at radius 1 is 1.13 bits per heavy atom. The summed E-state index contributed by atoms with van der Waals surface area (Å²) in [6, 6.07) is 2.48. The quantitative estimate of drug-likeness (QED) is 0.606. The van der Waals surface area contributed by atoms with Crippen LogP contribution in [0.3, 0.4) is 0 Å². The molecule has 0 aliphatic heterocycles. The molecular weight excluding hydrogens is 194 g/mol. The fraction of sp³-hybridized carbons (Fsp3) is 0.538. The molecule has 1 aliphatic rings. The first kappa shape index (κ1) is 10.6. The van der Waals surface area contributed by atoms with E-state index >= 15 is 0 Å². The Morgan fingerprint density at radius 3 is 2.33 bits per heavy atom. The van der Waals surface area contributed by atoms with Crippen LogP contribution in [-0.4, -0.2) is 0 Å². The molecule has 0 nitrogen and oxygen atoms in total. The van der Waals surface area contributed by atoms with Crippen LogP contribution >= 0.6 is 0 Å². The zero-order valence-corrected chi connectivity index (χ0v) is 9.40. The Morgan fingerprint density at radius 2 is 1.73 bits per heavy atom. The molecule has 2 rings (SSSR count). The van der Waals surface area contributed by atoms with E-state index in [0.717, 1.165) is 6.42 Å². The zero-order valence-electron chi connectivity index (χ0n) is 9.40.